The third kappa shape index (κ3) is 2.98. The van der Waals surface area contributed by atoms with Crippen LogP contribution in [0.15, 0.2) is 35.0 Å². The Bertz CT molecular complexity index is 525. The van der Waals surface area contributed by atoms with Crippen molar-refractivity contribution in [3.63, 3.8) is 0 Å². The number of carbonyl (C=O) groups is 1. The normalized spacial score (nSPS) is 9.47. The number of amides is 1. The molecule has 2 rings (SSSR count). The van der Waals surface area contributed by atoms with E-state index in [1.54, 1.807) is 31.2 Å². The van der Waals surface area contributed by atoms with Crippen LogP contribution in [-0.4, -0.2) is 11.1 Å². The summed E-state index contributed by atoms with van der Waals surface area (Å²) in [5, 5.41) is 6.25. The average Bonchev–Trinajstić information content (AvgIpc) is 2.64. The molecule has 6 heteroatoms. The standard InChI is InChI=1S/C11H11N3O2.ClH/c1-7-10(6-13-16-7)11(15)14-9-4-2-3-8(12)5-9;/h2-6H,12H2,1H3,(H,14,15);1H. The fraction of sp³-hybridized carbons (Fsp3) is 0.0909. The lowest BCUT2D eigenvalue weighted by Crippen LogP contribution is -2.12. The van der Waals surface area contributed by atoms with Gasteiger partial charge in [0.15, 0.2) is 0 Å². The van der Waals surface area contributed by atoms with Gasteiger partial charge in [-0.3, -0.25) is 4.79 Å². The number of hydrogen-bond donors (Lipinski definition) is 2. The summed E-state index contributed by atoms with van der Waals surface area (Å²) in [6.07, 6.45) is 1.39. The van der Waals surface area contributed by atoms with Crippen LogP contribution >= 0.6 is 12.4 Å². The van der Waals surface area contributed by atoms with Crippen molar-refractivity contribution in [1.29, 1.82) is 0 Å². The Morgan fingerprint density at radius 3 is 2.82 bits per heavy atom. The van der Waals surface area contributed by atoms with E-state index in [1.807, 2.05) is 0 Å². The van der Waals surface area contributed by atoms with E-state index in [1.165, 1.54) is 6.20 Å². The lowest BCUT2D eigenvalue weighted by molar-refractivity contribution is 0.102. The van der Waals surface area contributed by atoms with Gasteiger partial charge in [0, 0.05) is 11.4 Å². The molecular weight excluding hydrogens is 242 g/mol. The molecule has 3 N–H and O–H groups in total. The van der Waals surface area contributed by atoms with Gasteiger partial charge in [-0.2, -0.15) is 0 Å². The minimum absolute atomic E-state index is 0. The minimum atomic E-state index is -0.260. The molecule has 0 aliphatic carbocycles. The van der Waals surface area contributed by atoms with Crippen molar-refractivity contribution in [2.45, 2.75) is 6.92 Å². The molecule has 5 nitrogen and oxygen atoms in total. The number of nitrogens with one attached hydrogen (secondary N) is 1. The van der Waals surface area contributed by atoms with Crippen LogP contribution in [0.2, 0.25) is 0 Å². The van der Waals surface area contributed by atoms with Crippen molar-refractivity contribution in [2.75, 3.05) is 11.1 Å². The van der Waals surface area contributed by atoms with Gasteiger partial charge in [0.2, 0.25) is 0 Å². The number of halogens is 1. The molecule has 0 fully saturated rings. The number of nitrogens with zero attached hydrogens (tertiary/aromatic N) is 1. The predicted molar refractivity (Wildman–Crippen MR) is 67.3 cm³/mol. The second-order valence-corrected chi connectivity index (χ2v) is 3.38. The summed E-state index contributed by atoms with van der Waals surface area (Å²) in [4.78, 5) is 11.8. The maximum Gasteiger partial charge on any atom is 0.260 e. The van der Waals surface area contributed by atoms with Crippen molar-refractivity contribution in [1.82, 2.24) is 5.16 Å². The van der Waals surface area contributed by atoms with Crippen LogP contribution in [0.1, 0.15) is 16.1 Å². The topological polar surface area (TPSA) is 81.2 Å². The van der Waals surface area contributed by atoms with Crippen LogP contribution in [-0.2, 0) is 0 Å². The van der Waals surface area contributed by atoms with E-state index in [9.17, 15) is 4.79 Å². The summed E-state index contributed by atoms with van der Waals surface area (Å²) >= 11 is 0. The molecule has 0 bridgehead atoms. The Morgan fingerprint density at radius 2 is 2.24 bits per heavy atom. The highest BCUT2D eigenvalue weighted by atomic mass is 35.5. The molecule has 90 valence electrons. The molecule has 0 radical (unpaired) electrons. The molecule has 0 saturated carbocycles. The Kier molecular flexibility index (Phi) is 4.12. The summed E-state index contributed by atoms with van der Waals surface area (Å²) in [5.41, 5.74) is 7.26. The maximum atomic E-state index is 11.8. The van der Waals surface area contributed by atoms with Gasteiger partial charge in [0.05, 0.1) is 6.20 Å². The number of nitrogen functional groups attached to an aromatic ring is 1. The van der Waals surface area contributed by atoms with E-state index in [2.05, 4.69) is 10.5 Å². The van der Waals surface area contributed by atoms with E-state index in [4.69, 9.17) is 10.3 Å². The second kappa shape index (κ2) is 5.36. The summed E-state index contributed by atoms with van der Waals surface area (Å²) in [7, 11) is 0. The average molecular weight is 254 g/mol. The summed E-state index contributed by atoms with van der Waals surface area (Å²) in [6.45, 7) is 1.68. The van der Waals surface area contributed by atoms with Gasteiger partial charge in [-0.15, -0.1) is 12.4 Å². The van der Waals surface area contributed by atoms with Crippen LogP contribution < -0.4 is 11.1 Å². The molecule has 0 spiro atoms. The number of aryl methyl sites for hydroxylation is 1. The zero-order valence-corrected chi connectivity index (χ0v) is 9.95. The molecule has 17 heavy (non-hydrogen) atoms. The molecule has 1 aromatic carbocycles. The van der Waals surface area contributed by atoms with Crippen LogP contribution in [0.3, 0.4) is 0 Å². The number of nitrogens with two attached hydrogens (primary N) is 1. The zero-order chi connectivity index (χ0) is 11.5. The third-order valence-electron chi connectivity index (χ3n) is 2.14. The van der Waals surface area contributed by atoms with Gasteiger partial charge >= 0.3 is 0 Å². The lowest BCUT2D eigenvalue weighted by Gasteiger charge is -2.04. The summed E-state index contributed by atoms with van der Waals surface area (Å²) in [6, 6.07) is 6.96. The van der Waals surface area contributed by atoms with Crippen molar-refractivity contribution >= 4 is 29.7 Å². The van der Waals surface area contributed by atoms with Crippen LogP contribution in [0, 0.1) is 6.92 Å². The van der Waals surface area contributed by atoms with Gasteiger partial charge < -0.3 is 15.6 Å². The van der Waals surface area contributed by atoms with E-state index in [0.29, 0.717) is 22.7 Å². The fourth-order valence-electron chi connectivity index (χ4n) is 1.33. The molecule has 1 amide bonds. The Hall–Kier alpha value is -2.01. The van der Waals surface area contributed by atoms with Crippen LogP contribution in [0.4, 0.5) is 11.4 Å². The number of anilines is 2. The molecule has 0 saturated heterocycles. The van der Waals surface area contributed by atoms with E-state index >= 15 is 0 Å². The number of aromatic nitrogens is 1. The van der Waals surface area contributed by atoms with E-state index in [0.717, 1.165) is 0 Å². The first-order chi connectivity index (χ1) is 7.66. The van der Waals surface area contributed by atoms with Crippen LogP contribution in [0.25, 0.3) is 0 Å². The highest BCUT2D eigenvalue weighted by Crippen LogP contribution is 2.14. The Labute approximate surface area is 104 Å². The fourth-order valence-corrected chi connectivity index (χ4v) is 1.33. The first-order valence-electron chi connectivity index (χ1n) is 4.75. The van der Waals surface area contributed by atoms with Crippen molar-refractivity contribution in [3.8, 4) is 0 Å². The third-order valence-corrected chi connectivity index (χ3v) is 2.14. The first-order valence-corrected chi connectivity index (χ1v) is 4.75. The van der Waals surface area contributed by atoms with Crippen molar-refractivity contribution in [2.24, 2.45) is 0 Å². The van der Waals surface area contributed by atoms with Crippen LogP contribution in [0.5, 0.6) is 0 Å². The van der Waals surface area contributed by atoms with Gasteiger partial charge in [-0.1, -0.05) is 11.2 Å². The molecule has 2 aromatic rings. The summed E-state index contributed by atoms with van der Waals surface area (Å²) in [5.74, 6) is 0.228. The van der Waals surface area contributed by atoms with Gasteiger partial charge in [-0.25, -0.2) is 0 Å². The molecular formula is C11H12ClN3O2. The zero-order valence-electron chi connectivity index (χ0n) is 9.14. The number of benzene rings is 1. The minimum Gasteiger partial charge on any atom is -0.399 e. The van der Waals surface area contributed by atoms with Crippen molar-refractivity contribution in [3.05, 3.63) is 41.8 Å². The van der Waals surface area contributed by atoms with Crippen molar-refractivity contribution < 1.29 is 9.32 Å². The number of carbonyl (C=O) groups excluding carboxylic acids is 1. The Morgan fingerprint density at radius 1 is 1.47 bits per heavy atom. The molecule has 1 heterocycles. The number of hydrogen-bond acceptors (Lipinski definition) is 4. The SMILES string of the molecule is Cc1oncc1C(=O)Nc1cccc(N)c1.Cl. The quantitative estimate of drug-likeness (QED) is 0.805. The number of rotatable bonds is 2. The summed E-state index contributed by atoms with van der Waals surface area (Å²) < 4.78 is 4.81. The molecule has 0 aliphatic heterocycles. The lowest BCUT2D eigenvalue weighted by atomic mass is 10.2. The van der Waals surface area contributed by atoms with E-state index in [-0.39, 0.29) is 18.3 Å². The molecule has 0 atom stereocenters. The van der Waals surface area contributed by atoms with Gasteiger partial charge in [0.25, 0.3) is 5.91 Å². The monoisotopic (exact) mass is 253 g/mol. The first kappa shape index (κ1) is 13.1. The predicted octanol–water partition coefficient (Wildman–Crippen LogP) is 2.24. The highest BCUT2D eigenvalue weighted by molar-refractivity contribution is 6.04. The maximum absolute atomic E-state index is 11.8. The smallest absolute Gasteiger partial charge is 0.260 e. The Balaban J connectivity index is 0.00000144. The van der Waals surface area contributed by atoms with Gasteiger partial charge in [-0.05, 0) is 25.1 Å². The molecule has 0 aliphatic rings. The van der Waals surface area contributed by atoms with Gasteiger partial charge in [0.1, 0.15) is 11.3 Å². The highest BCUT2D eigenvalue weighted by Gasteiger charge is 2.12. The van der Waals surface area contributed by atoms with E-state index < -0.39 is 0 Å². The molecule has 0 unspecified atom stereocenters. The largest absolute Gasteiger partial charge is 0.399 e. The molecule has 1 aromatic heterocycles. The second-order valence-electron chi connectivity index (χ2n) is 3.38.